The van der Waals surface area contributed by atoms with Crippen LogP contribution in [0.3, 0.4) is 0 Å². The second kappa shape index (κ2) is 6.74. The number of nitrogens with one attached hydrogen (secondary N) is 1. The number of cyclic esters (lactones) is 1. The van der Waals surface area contributed by atoms with Crippen LogP contribution in [0, 0.1) is 13.8 Å². The van der Waals surface area contributed by atoms with Gasteiger partial charge in [0.2, 0.25) is 5.91 Å². The van der Waals surface area contributed by atoms with Crippen molar-refractivity contribution in [2.75, 3.05) is 23.4 Å². The van der Waals surface area contributed by atoms with Crippen molar-refractivity contribution in [2.45, 2.75) is 26.7 Å². The van der Waals surface area contributed by atoms with Crippen LogP contribution in [0.5, 0.6) is 0 Å². The van der Waals surface area contributed by atoms with Crippen LogP contribution in [-0.2, 0) is 16.0 Å². The Morgan fingerprint density at radius 1 is 1.38 bits per heavy atom. The summed E-state index contributed by atoms with van der Waals surface area (Å²) in [5.74, 6) is 0.644. The number of hydrogen-bond acceptors (Lipinski definition) is 5. The number of aromatic nitrogens is 1. The molecule has 24 heavy (non-hydrogen) atoms. The molecule has 1 fully saturated rings. The quantitative estimate of drug-likeness (QED) is 0.912. The van der Waals surface area contributed by atoms with E-state index >= 15 is 0 Å². The fourth-order valence-corrected chi connectivity index (χ4v) is 2.70. The summed E-state index contributed by atoms with van der Waals surface area (Å²) in [4.78, 5) is 25.3. The van der Waals surface area contributed by atoms with Gasteiger partial charge in [0.05, 0.1) is 12.2 Å². The van der Waals surface area contributed by atoms with Crippen LogP contribution in [0.15, 0.2) is 28.8 Å². The molecule has 1 aliphatic rings. The molecule has 0 radical (unpaired) electrons. The number of amides is 2. The van der Waals surface area contributed by atoms with Gasteiger partial charge in [-0.1, -0.05) is 11.2 Å². The molecule has 2 amide bonds. The lowest BCUT2D eigenvalue weighted by atomic mass is 10.1. The third kappa shape index (κ3) is 3.40. The third-order valence-electron chi connectivity index (χ3n) is 3.99. The fraction of sp³-hybridized carbons (Fsp3) is 0.353. The van der Waals surface area contributed by atoms with Crippen molar-refractivity contribution in [1.82, 2.24) is 5.16 Å². The minimum Gasteiger partial charge on any atom is -0.447 e. The van der Waals surface area contributed by atoms with Crippen LogP contribution >= 0.6 is 0 Å². The molecule has 1 aromatic carbocycles. The van der Waals surface area contributed by atoms with E-state index in [9.17, 15) is 9.59 Å². The van der Waals surface area contributed by atoms with Gasteiger partial charge in [-0.05, 0) is 38.5 Å². The maximum atomic E-state index is 12.2. The van der Waals surface area contributed by atoms with E-state index in [0.29, 0.717) is 37.4 Å². The number of carbonyl (C=O) groups is 2. The first kappa shape index (κ1) is 16.0. The number of anilines is 2. The first-order chi connectivity index (χ1) is 11.5. The Morgan fingerprint density at radius 3 is 2.88 bits per heavy atom. The lowest BCUT2D eigenvalue weighted by Crippen LogP contribution is -2.23. The monoisotopic (exact) mass is 329 g/mol. The van der Waals surface area contributed by atoms with Crippen molar-refractivity contribution < 1.29 is 18.8 Å². The highest BCUT2D eigenvalue weighted by Crippen LogP contribution is 2.22. The van der Waals surface area contributed by atoms with Crippen molar-refractivity contribution in [3.63, 3.8) is 0 Å². The van der Waals surface area contributed by atoms with Crippen molar-refractivity contribution in [1.29, 1.82) is 0 Å². The molecule has 1 saturated heterocycles. The molecule has 7 nitrogen and oxygen atoms in total. The van der Waals surface area contributed by atoms with E-state index in [4.69, 9.17) is 9.26 Å². The fourth-order valence-electron chi connectivity index (χ4n) is 2.70. The third-order valence-corrected chi connectivity index (χ3v) is 3.99. The highest BCUT2D eigenvalue weighted by molar-refractivity contribution is 5.93. The van der Waals surface area contributed by atoms with Crippen LogP contribution in [0.25, 0.3) is 0 Å². The van der Waals surface area contributed by atoms with Gasteiger partial charge in [-0.25, -0.2) is 4.79 Å². The van der Waals surface area contributed by atoms with Gasteiger partial charge in [0.25, 0.3) is 0 Å². The molecular formula is C17H19N3O4. The summed E-state index contributed by atoms with van der Waals surface area (Å²) < 4.78 is 10.0. The van der Waals surface area contributed by atoms with Gasteiger partial charge >= 0.3 is 6.09 Å². The van der Waals surface area contributed by atoms with Gasteiger partial charge in [-0.3, -0.25) is 9.69 Å². The molecule has 0 saturated carbocycles. The predicted molar refractivity (Wildman–Crippen MR) is 88.1 cm³/mol. The second-order valence-electron chi connectivity index (χ2n) is 5.67. The summed E-state index contributed by atoms with van der Waals surface area (Å²) in [5, 5.41) is 6.74. The van der Waals surface area contributed by atoms with E-state index in [0.717, 1.165) is 17.0 Å². The maximum Gasteiger partial charge on any atom is 0.414 e. The van der Waals surface area contributed by atoms with E-state index in [1.165, 1.54) is 0 Å². The molecule has 0 aliphatic carbocycles. The van der Waals surface area contributed by atoms with Crippen LogP contribution < -0.4 is 10.2 Å². The van der Waals surface area contributed by atoms with Gasteiger partial charge in [-0.15, -0.1) is 0 Å². The van der Waals surface area contributed by atoms with Gasteiger partial charge in [0, 0.05) is 23.4 Å². The highest BCUT2D eigenvalue weighted by Gasteiger charge is 2.23. The zero-order valence-corrected chi connectivity index (χ0v) is 13.7. The molecule has 0 spiro atoms. The minimum atomic E-state index is -0.364. The smallest absolute Gasteiger partial charge is 0.414 e. The molecule has 0 atom stereocenters. The normalized spacial score (nSPS) is 13.9. The van der Waals surface area contributed by atoms with Crippen LogP contribution in [0.1, 0.15) is 23.4 Å². The number of carbonyl (C=O) groups excluding carboxylic acids is 2. The number of ether oxygens (including phenoxy) is 1. The highest BCUT2D eigenvalue weighted by atomic mass is 16.6. The van der Waals surface area contributed by atoms with E-state index in [1.807, 2.05) is 19.9 Å². The Labute approximate surface area is 139 Å². The zero-order chi connectivity index (χ0) is 17.1. The molecule has 1 aromatic heterocycles. The second-order valence-corrected chi connectivity index (χ2v) is 5.67. The molecule has 1 N–H and O–H groups in total. The summed E-state index contributed by atoms with van der Waals surface area (Å²) in [6, 6.07) is 7.16. The Kier molecular flexibility index (Phi) is 4.50. The first-order valence-electron chi connectivity index (χ1n) is 7.80. The summed E-state index contributed by atoms with van der Waals surface area (Å²) in [6.45, 7) is 4.60. The minimum absolute atomic E-state index is 0.101. The molecular weight excluding hydrogens is 310 g/mol. The largest absolute Gasteiger partial charge is 0.447 e. The molecule has 1 aliphatic heterocycles. The SMILES string of the molecule is Cc1noc(C)c1CCC(=O)Nc1cccc(N2CCOC2=O)c1. The molecule has 0 unspecified atom stereocenters. The van der Waals surface area contributed by atoms with Gasteiger partial charge in [0.1, 0.15) is 12.4 Å². The topological polar surface area (TPSA) is 84.7 Å². The summed E-state index contributed by atoms with van der Waals surface area (Å²) in [7, 11) is 0. The van der Waals surface area contributed by atoms with E-state index < -0.39 is 0 Å². The molecule has 2 aromatic rings. The van der Waals surface area contributed by atoms with Crippen molar-refractivity contribution in [2.24, 2.45) is 0 Å². The number of nitrogens with zero attached hydrogens (tertiary/aromatic N) is 2. The average molecular weight is 329 g/mol. The van der Waals surface area contributed by atoms with Crippen LogP contribution in [0.2, 0.25) is 0 Å². The van der Waals surface area contributed by atoms with E-state index in [-0.39, 0.29) is 12.0 Å². The lowest BCUT2D eigenvalue weighted by Gasteiger charge is -2.14. The van der Waals surface area contributed by atoms with E-state index in [2.05, 4.69) is 10.5 Å². The number of hydrogen-bond donors (Lipinski definition) is 1. The Balaban J connectivity index is 1.61. The number of benzene rings is 1. The lowest BCUT2D eigenvalue weighted by molar-refractivity contribution is -0.116. The zero-order valence-electron chi connectivity index (χ0n) is 13.7. The Morgan fingerprint density at radius 2 is 2.21 bits per heavy atom. The number of rotatable bonds is 5. The summed E-state index contributed by atoms with van der Waals surface area (Å²) in [6.07, 6.45) is 0.543. The molecule has 3 rings (SSSR count). The molecule has 0 bridgehead atoms. The average Bonchev–Trinajstić information content (AvgIpc) is 3.12. The van der Waals surface area contributed by atoms with Crippen molar-refractivity contribution in [3.8, 4) is 0 Å². The summed E-state index contributed by atoms with van der Waals surface area (Å²) >= 11 is 0. The van der Waals surface area contributed by atoms with E-state index in [1.54, 1.807) is 23.1 Å². The standard InChI is InChI=1S/C17H19N3O4/c1-11-15(12(2)24-19-11)6-7-16(21)18-13-4-3-5-14(10-13)20-8-9-23-17(20)22/h3-5,10H,6-9H2,1-2H3,(H,18,21). The first-order valence-corrected chi connectivity index (χ1v) is 7.80. The Hall–Kier alpha value is -2.83. The number of aryl methyl sites for hydroxylation is 2. The van der Waals surface area contributed by atoms with Crippen LogP contribution in [-0.4, -0.2) is 30.3 Å². The molecule has 7 heteroatoms. The van der Waals surface area contributed by atoms with Crippen LogP contribution in [0.4, 0.5) is 16.2 Å². The van der Waals surface area contributed by atoms with Crippen molar-refractivity contribution in [3.05, 3.63) is 41.3 Å². The predicted octanol–water partition coefficient (Wildman–Crippen LogP) is 2.82. The molecule has 2 heterocycles. The Bertz CT molecular complexity index is 749. The summed E-state index contributed by atoms with van der Waals surface area (Å²) in [5.41, 5.74) is 3.14. The molecule has 126 valence electrons. The van der Waals surface area contributed by atoms with Gasteiger partial charge in [-0.2, -0.15) is 0 Å². The van der Waals surface area contributed by atoms with Crippen molar-refractivity contribution >= 4 is 23.4 Å². The van der Waals surface area contributed by atoms with Gasteiger partial charge in [0.15, 0.2) is 0 Å². The maximum absolute atomic E-state index is 12.2. The van der Waals surface area contributed by atoms with Gasteiger partial charge < -0.3 is 14.6 Å².